The zero-order valence-electron chi connectivity index (χ0n) is 14.3. The molecule has 0 spiro atoms. The first kappa shape index (κ1) is 16.7. The summed E-state index contributed by atoms with van der Waals surface area (Å²) in [6, 6.07) is 6.29. The number of amides is 1. The number of benzene rings is 1. The van der Waals surface area contributed by atoms with Gasteiger partial charge in [-0.15, -0.1) is 0 Å². The SMILES string of the molecule is CCN(CC)c1ccc(N)cc1C(=O)N1[C@H](C)CCC[C@H]1C. The first-order valence-corrected chi connectivity index (χ1v) is 8.46. The van der Waals surface area contributed by atoms with E-state index in [1.165, 1.54) is 6.42 Å². The average Bonchev–Trinajstić information content (AvgIpc) is 2.49. The van der Waals surface area contributed by atoms with Gasteiger partial charge in [-0.1, -0.05) is 0 Å². The Morgan fingerprint density at radius 3 is 2.36 bits per heavy atom. The van der Waals surface area contributed by atoms with Crippen LogP contribution < -0.4 is 10.6 Å². The molecule has 0 radical (unpaired) electrons. The fourth-order valence-electron chi connectivity index (χ4n) is 3.53. The highest BCUT2D eigenvalue weighted by molar-refractivity contribution is 6.01. The summed E-state index contributed by atoms with van der Waals surface area (Å²) in [5.41, 5.74) is 8.34. The minimum Gasteiger partial charge on any atom is -0.399 e. The lowest BCUT2D eigenvalue weighted by atomic mass is 9.96. The number of carbonyl (C=O) groups is 1. The van der Waals surface area contributed by atoms with E-state index in [0.29, 0.717) is 17.8 Å². The first-order chi connectivity index (χ1) is 10.5. The van der Waals surface area contributed by atoms with Gasteiger partial charge in [-0.05, 0) is 65.2 Å². The molecule has 2 atom stereocenters. The normalized spacial score (nSPS) is 21.7. The van der Waals surface area contributed by atoms with Crippen molar-refractivity contribution in [3.8, 4) is 0 Å². The number of piperidine rings is 1. The van der Waals surface area contributed by atoms with Crippen molar-refractivity contribution in [3.05, 3.63) is 23.8 Å². The number of hydrogen-bond acceptors (Lipinski definition) is 3. The molecule has 1 fully saturated rings. The van der Waals surface area contributed by atoms with Crippen LogP contribution >= 0.6 is 0 Å². The maximum atomic E-state index is 13.2. The molecule has 1 aromatic rings. The van der Waals surface area contributed by atoms with Crippen molar-refractivity contribution in [2.45, 2.75) is 59.0 Å². The van der Waals surface area contributed by atoms with Crippen molar-refractivity contribution >= 4 is 17.3 Å². The fraction of sp³-hybridized carbons (Fsp3) is 0.611. The molecule has 1 heterocycles. The lowest BCUT2D eigenvalue weighted by molar-refractivity contribution is 0.0511. The highest BCUT2D eigenvalue weighted by atomic mass is 16.2. The minimum absolute atomic E-state index is 0.119. The monoisotopic (exact) mass is 303 g/mol. The molecule has 0 unspecified atom stereocenters. The van der Waals surface area contributed by atoms with Crippen molar-refractivity contribution in [2.75, 3.05) is 23.7 Å². The van der Waals surface area contributed by atoms with E-state index < -0.39 is 0 Å². The lowest BCUT2D eigenvalue weighted by Gasteiger charge is -2.40. The second-order valence-electron chi connectivity index (χ2n) is 6.29. The van der Waals surface area contributed by atoms with E-state index in [2.05, 4.69) is 32.6 Å². The second-order valence-corrected chi connectivity index (χ2v) is 6.29. The van der Waals surface area contributed by atoms with Gasteiger partial charge in [0.15, 0.2) is 0 Å². The highest BCUT2D eigenvalue weighted by Crippen LogP contribution is 2.29. The second kappa shape index (κ2) is 7.03. The summed E-state index contributed by atoms with van der Waals surface area (Å²) in [6.07, 6.45) is 3.37. The number of nitrogens with two attached hydrogens (primary N) is 1. The fourth-order valence-corrected chi connectivity index (χ4v) is 3.53. The number of hydrogen-bond donors (Lipinski definition) is 1. The molecule has 2 rings (SSSR count). The number of rotatable bonds is 4. The zero-order valence-corrected chi connectivity index (χ0v) is 14.3. The highest BCUT2D eigenvalue weighted by Gasteiger charge is 2.31. The summed E-state index contributed by atoms with van der Waals surface area (Å²) in [5, 5.41) is 0. The Morgan fingerprint density at radius 1 is 1.23 bits per heavy atom. The third kappa shape index (κ3) is 3.21. The number of likely N-dealkylation sites (tertiary alicyclic amines) is 1. The molecule has 1 saturated heterocycles. The number of nitrogens with zero attached hydrogens (tertiary/aromatic N) is 2. The molecule has 0 saturated carbocycles. The summed E-state index contributed by atoms with van der Waals surface area (Å²) in [4.78, 5) is 17.4. The average molecular weight is 303 g/mol. The van der Waals surface area contributed by atoms with Gasteiger partial charge in [0, 0.05) is 36.5 Å². The predicted octanol–water partition coefficient (Wildman–Crippen LogP) is 3.52. The van der Waals surface area contributed by atoms with Gasteiger partial charge in [-0.25, -0.2) is 0 Å². The molecule has 1 amide bonds. The molecule has 1 aromatic carbocycles. The van der Waals surface area contributed by atoms with Crippen molar-refractivity contribution in [1.29, 1.82) is 0 Å². The van der Waals surface area contributed by atoms with Crippen LogP contribution in [-0.4, -0.2) is 36.0 Å². The Labute approximate surface area is 134 Å². The number of carbonyl (C=O) groups excluding carboxylic acids is 1. The maximum absolute atomic E-state index is 13.2. The van der Waals surface area contributed by atoms with Crippen LogP contribution in [0.25, 0.3) is 0 Å². The van der Waals surface area contributed by atoms with Crippen LogP contribution in [-0.2, 0) is 0 Å². The quantitative estimate of drug-likeness (QED) is 0.866. The maximum Gasteiger partial charge on any atom is 0.256 e. The molecule has 0 aliphatic carbocycles. The molecule has 4 nitrogen and oxygen atoms in total. The van der Waals surface area contributed by atoms with E-state index in [9.17, 15) is 4.79 Å². The summed E-state index contributed by atoms with van der Waals surface area (Å²) < 4.78 is 0. The smallest absolute Gasteiger partial charge is 0.256 e. The Kier molecular flexibility index (Phi) is 5.33. The number of nitrogen functional groups attached to an aromatic ring is 1. The third-order valence-electron chi connectivity index (χ3n) is 4.78. The molecule has 122 valence electrons. The zero-order chi connectivity index (χ0) is 16.3. The predicted molar refractivity (Wildman–Crippen MR) is 93.4 cm³/mol. The van der Waals surface area contributed by atoms with Crippen molar-refractivity contribution in [3.63, 3.8) is 0 Å². The standard InChI is InChI=1S/C18H29N3O/c1-5-20(6-2)17-11-10-15(19)12-16(17)18(22)21-13(3)8-7-9-14(21)4/h10-14H,5-9,19H2,1-4H3/t13-,14-/m1/s1. The van der Waals surface area contributed by atoms with Crippen LogP contribution in [0.2, 0.25) is 0 Å². The van der Waals surface area contributed by atoms with Crippen LogP contribution in [0.3, 0.4) is 0 Å². The molecule has 1 aliphatic rings. The van der Waals surface area contributed by atoms with Gasteiger partial charge >= 0.3 is 0 Å². The molecule has 2 N–H and O–H groups in total. The topological polar surface area (TPSA) is 49.6 Å². The molecule has 4 heteroatoms. The van der Waals surface area contributed by atoms with Gasteiger partial charge in [0.1, 0.15) is 0 Å². The first-order valence-electron chi connectivity index (χ1n) is 8.46. The van der Waals surface area contributed by atoms with E-state index >= 15 is 0 Å². The Hall–Kier alpha value is -1.71. The van der Waals surface area contributed by atoms with Gasteiger partial charge in [0.2, 0.25) is 0 Å². The summed E-state index contributed by atoms with van der Waals surface area (Å²) in [6.45, 7) is 10.3. The van der Waals surface area contributed by atoms with Crippen LogP contribution in [0, 0.1) is 0 Å². The lowest BCUT2D eigenvalue weighted by Crippen LogP contribution is -2.47. The Balaban J connectivity index is 2.41. The summed E-state index contributed by atoms with van der Waals surface area (Å²) in [7, 11) is 0. The van der Waals surface area contributed by atoms with Crippen molar-refractivity contribution < 1.29 is 4.79 Å². The van der Waals surface area contributed by atoms with Gasteiger partial charge in [-0.2, -0.15) is 0 Å². The van der Waals surface area contributed by atoms with E-state index in [1.54, 1.807) is 0 Å². The van der Waals surface area contributed by atoms with Crippen molar-refractivity contribution in [1.82, 2.24) is 4.90 Å². The minimum atomic E-state index is 0.119. The molecule has 1 aliphatic heterocycles. The van der Waals surface area contributed by atoms with E-state index in [-0.39, 0.29) is 5.91 Å². The van der Waals surface area contributed by atoms with Crippen molar-refractivity contribution in [2.24, 2.45) is 0 Å². The largest absolute Gasteiger partial charge is 0.399 e. The molecule has 22 heavy (non-hydrogen) atoms. The van der Waals surface area contributed by atoms with E-state index in [4.69, 9.17) is 5.73 Å². The molecular weight excluding hydrogens is 274 g/mol. The van der Waals surface area contributed by atoms with Gasteiger partial charge in [0.05, 0.1) is 5.56 Å². The summed E-state index contributed by atoms with van der Waals surface area (Å²) >= 11 is 0. The van der Waals surface area contributed by atoms with E-state index in [1.807, 2.05) is 23.1 Å². The van der Waals surface area contributed by atoms with Gasteiger partial charge < -0.3 is 15.5 Å². The molecular formula is C18H29N3O. The van der Waals surface area contributed by atoms with E-state index in [0.717, 1.165) is 37.2 Å². The van der Waals surface area contributed by atoms with Crippen LogP contribution in [0.4, 0.5) is 11.4 Å². The van der Waals surface area contributed by atoms with Gasteiger partial charge in [0.25, 0.3) is 5.91 Å². The van der Waals surface area contributed by atoms with Crippen LogP contribution in [0.1, 0.15) is 57.3 Å². The Bertz CT molecular complexity index is 515. The number of anilines is 2. The molecule has 0 bridgehead atoms. The Morgan fingerprint density at radius 2 is 1.82 bits per heavy atom. The summed E-state index contributed by atoms with van der Waals surface area (Å²) in [5.74, 6) is 0.119. The van der Waals surface area contributed by atoms with Crippen LogP contribution in [0.15, 0.2) is 18.2 Å². The van der Waals surface area contributed by atoms with Crippen LogP contribution in [0.5, 0.6) is 0 Å². The van der Waals surface area contributed by atoms with Gasteiger partial charge in [-0.3, -0.25) is 4.79 Å². The third-order valence-corrected chi connectivity index (χ3v) is 4.78. The molecule has 0 aromatic heterocycles.